The lowest BCUT2D eigenvalue weighted by molar-refractivity contribution is 0.205. The number of aromatic nitrogens is 1. The molecular weight excluding hydrogens is 314 g/mol. The van der Waals surface area contributed by atoms with Gasteiger partial charge in [0.1, 0.15) is 5.75 Å². The second-order valence-corrected chi connectivity index (χ2v) is 6.63. The van der Waals surface area contributed by atoms with E-state index in [9.17, 15) is 4.79 Å². The quantitative estimate of drug-likeness (QED) is 0.723. The lowest BCUT2D eigenvalue weighted by atomic mass is 10.3. The first kappa shape index (κ1) is 17.4. The minimum atomic E-state index is -0.0386. The number of nitrogens with one attached hydrogen (secondary N) is 1. The van der Waals surface area contributed by atoms with Gasteiger partial charge in [-0.15, -0.1) is 0 Å². The first-order valence-corrected chi connectivity index (χ1v) is 9.08. The minimum Gasteiger partial charge on any atom is -0.494 e. The Balaban J connectivity index is 1.58. The predicted octanol–water partition coefficient (Wildman–Crippen LogP) is 4.40. The van der Waals surface area contributed by atoms with E-state index in [-0.39, 0.29) is 6.03 Å². The molecule has 1 aromatic carbocycles. The molecule has 134 valence electrons. The third-order valence-corrected chi connectivity index (χ3v) is 4.50. The Bertz CT molecular complexity index is 689. The fourth-order valence-corrected chi connectivity index (χ4v) is 2.75. The smallest absolute Gasteiger partial charge is 0.322 e. The summed E-state index contributed by atoms with van der Waals surface area (Å²) in [5.74, 6) is 0.842. The molecular formula is C20H27N3O2. The summed E-state index contributed by atoms with van der Waals surface area (Å²) in [6.07, 6.45) is 6.35. The van der Waals surface area contributed by atoms with Crippen molar-refractivity contribution in [3.63, 3.8) is 0 Å². The zero-order valence-electron chi connectivity index (χ0n) is 15.1. The van der Waals surface area contributed by atoms with E-state index in [2.05, 4.69) is 22.9 Å². The van der Waals surface area contributed by atoms with E-state index in [4.69, 9.17) is 4.74 Å². The molecule has 25 heavy (non-hydrogen) atoms. The number of hydrogen-bond donors (Lipinski definition) is 1. The number of rotatable bonds is 8. The summed E-state index contributed by atoms with van der Waals surface area (Å²) in [7, 11) is 2.01. The largest absolute Gasteiger partial charge is 0.494 e. The molecule has 1 saturated carbocycles. The number of carbonyl (C=O) groups excluding carboxylic acids is 1. The van der Waals surface area contributed by atoms with Crippen LogP contribution >= 0.6 is 0 Å². The van der Waals surface area contributed by atoms with Crippen LogP contribution in [-0.2, 0) is 13.6 Å². The third-order valence-electron chi connectivity index (χ3n) is 4.50. The van der Waals surface area contributed by atoms with E-state index in [0.29, 0.717) is 12.6 Å². The normalized spacial score (nSPS) is 13.5. The van der Waals surface area contributed by atoms with Gasteiger partial charge in [0.05, 0.1) is 13.2 Å². The Morgan fingerprint density at radius 3 is 2.64 bits per heavy atom. The maximum Gasteiger partial charge on any atom is 0.322 e. The molecule has 3 rings (SSSR count). The first-order valence-electron chi connectivity index (χ1n) is 9.08. The molecule has 0 aliphatic heterocycles. The Labute approximate surface area is 149 Å². The van der Waals surface area contributed by atoms with E-state index >= 15 is 0 Å². The molecule has 2 amide bonds. The standard InChI is InChI=1S/C20H27N3O2/c1-3-4-14-25-19-11-7-16(8-12-19)21-20(24)23(17-9-10-17)15-18-6-5-13-22(18)2/h5-8,11-13,17H,3-4,9-10,14-15H2,1-2H3,(H,21,24). The number of urea groups is 1. The predicted molar refractivity (Wildman–Crippen MR) is 99.8 cm³/mol. The molecule has 5 nitrogen and oxygen atoms in total. The molecule has 0 radical (unpaired) electrons. The summed E-state index contributed by atoms with van der Waals surface area (Å²) >= 11 is 0. The molecule has 1 N–H and O–H groups in total. The van der Waals surface area contributed by atoms with Crippen LogP contribution in [0.5, 0.6) is 5.75 Å². The molecule has 1 aliphatic rings. The molecule has 1 fully saturated rings. The van der Waals surface area contributed by atoms with Gasteiger partial charge < -0.3 is 19.5 Å². The number of benzene rings is 1. The summed E-state index contributed by atoms with van der Waals surface area (Å²) in [6, 6.07) is 12.0. The van der Waals surface area contributed by atoms with Crippen molar-refractivity contribution in [2.45, 2.75) is 45.2 Å². The van der Waals surface area contributed by atoms with Crippen LogP contribution in [0.2, 0.25) is 0 Å². The van der Waals surface area contributed by atoms with Crippen LogP contribution in [0.1, 0.15) is 38.3 Å². The van der Waals surface area contributed by atoms with E-state index in [0.717, 1.165) is 49.4 Å². The lowest BCUT2D eigenvalue weighted by Crippen LogP contribution is -2.36. The van der Waals surface area contributed by atoms with Crippen molar-refractivity contribution < 1.29 is 9.53 Å². The van der Waals surface area contributed by atoms with Crippen molar-refractivity contribution in [3.8, 4) is 5.75 Å². The fourth-order valence-electron chi connectivity index (χ4n) is 2.75. The first-order chi connectivity index (χ1) is 12.2. The number of aryl methyl sites for hydroxylation is 1. The van der Waals surface area contributed by atoms with Crippen molar-refractivity contribution in [2.24, 2.45) is 7.05 Å². The van der Waals surface area contributed by atoms with Crippen LogP contribution in [-0.4, -0.2) is 28.1 Å². The SMILES string of the molecule is CCCCOc1ccc(NC(=O)N(Cc2cccn2C)C2CC2)cc1. The molecule has 5 heteroatoms. The highest BCUT2D eigenvalue weighted by molar-refractivity contribution is 5.89. The Morgan fingerprint density at radius 1 is 1.28 bits per heavy atom. The highest BCUT2D eigenvalue weighted by Gasteiger charge is 2.33. The van der Waals surface area contributed by atoms with Crippen molar-refractivity contribution in [1.29, 1.82) is 0 Å². The van der Waals surface area contributed by atoms with Gasteiger partial charge in [-0.2, -0.15) is 0 Å². The van der Waals surface area contributed by atoms with Crippen LogP contribution in [0.4, 0.5) is 10.5 Å². The number of nitrogens with zero attached hydrogens (tertiary/aromatic N) is 2. The van der Waals surface area contributed by atoms with Crippen LogP contribution < -0.4 is 10.1 Å². The van der Waals surface area contributed by atoms with Gasteiger partial charge >= 0.3 is 6.03 Å². The number of unbranched alkanes of at least 4 members (excludes halogenated alkanes) is 1. The molecule has 1 aliphatic carbocycles. The summed E-state index contributed by atoms with van der Waals surface area (Å²) in [6.45, 7) is 3.51. The van der Waals surface area contributed by atoms with E-state index < -0.39 is 0 Å². The molecule has 1 heterocycles. The van der Waals surface area contributed by atoms with Crippen LogP contribution in [0.15, 0.2) is 42.6 Å². The van der Waals surface area contributed by atoms with Gasteiger partial charge in [0.15, 0.2) is 0 Å². The molecule has 0 saturated heterocycles. The number of hydrogen-bond acceptors (Lipinski definition) is 2. The van der Waals surface area contributed by atoms with Gasteiger partial charge in [-0.25, -0.2) is 4.79 Å². The molecule has 0 atom stereocenters. The van der Waals surface area contributed by atoms with Crippen molar-refractivity contribution in [3.05, 3.63) is 48.3 Å². The van der Waals surface area contributed by atoms with E-state index in [1.165, 1.54) is 0 Å². The number of amides is 2. The van der Waals surface area contributed by atoms with Crippen molar-refractivity contribution in [2.75, 3.05) is 11.9 Å². The zero-order valence-corrected chi connectivity index (χ0v) is 15.1. The van der Waals surface area contributed by atoms with Crippen LogP contribution in [0.3, 0.4) is 0 Å². The second-order valence-electron chi connectivity index (χ2n) is 6.63. The zero-order chi connectivity index (χ0) is 17.6. The van der Waals surface area contributed by atoms with Gasteiger partial charge in [0, 0.05) is 30.7 Å². The van der Waals surface area contributed by atoms with Gasteiger partial charge in [0.2, 0.25) is 0 Å². The van der Waals surface area contributed by atoms with Crippen molar-refractivity contribution >= 4 is 11.7 Å². The average Bonchev–Trinajstić information content (AvgIpc) is 3.37. The van der Waals surface area contributed by atoms with Gasteiger partial charge in [-0.1, -0.05) is 13.3 Å². The van der Waals surface area contributed by atoms with E-state index in [1.807, 2.05) is 48.5 Å². The Hall–Kier alpha value is -2.43. The summed E-state index contributed by atoms with van der Waals surface area (Å²) in [5.41, 5.74) is 1.94. The molecule has 2 aromatic rings. The number of carbonyl (C=O) groups is 1. The topological polar surface area (TPSA) is 46.5 Å². The Kier molecular flexibility index (Phi) is 5.64. The van der Waals surface area contributed by atoms with Gasteiger partial charge in [-0.05, 0) is 55.7 Å². The highest BCUT2D eigenvalue weighted by Crippen LogP contribution is 2.29. The maximum absolute atomic E-state index is 12.7. The average molecular weight is 341 g/mol. The highest BCUT2D eigenvalue weighted by atomic mass is 16.5. The van der Waals surface area contributed by atoms with Crippen molar-refractivity contribution in [1.82, 2.24) is 9.47 Å². The maximum atomic E-state index is 12.7. The fraction of sp³-hybridized carbons (Fsp3) is 0.450. The molecule has 0 bridgehead atoms. The van der Waals surface area contributed by atoms with Gasteiger partial charge in [-0.3, -0.25) is 0 Å². The molecule has 0 spiro atoms. The summed E-state index contributed by atoms with van der Waals surface area (Å²) in [5, 5.41) is 3.01. The minimum absolute atomic E-state index is 0.0386. The monoisotopic (exact) mass is 341 g/mol. The Morgan fingerprint density at radius 2 is 2.04 bits per heavy atom. The summed E-state index contributed by atoms with van der Waals surface area (Å²) < 4.78 is 7.72. The number of anilines is 1. The second kappa shape index (κ2) is 8.10. The third kappa shape index (κ3) is 4.78. The van der Waals surface area contributed by atoms with E-state index in [1.54, 1.807) is 0 Å². The van der Waals surface area contributed by atoms with Crippen LogP contribution in [0.25, 0.3) is 0 Å². The summed E-state index contributed by atoms with van der Waals surface area (Å²) in [4.78, 5) is 14.6. The number of ether oxygens (including phenoxy) is 1. The van der Waals surface area contributed by atoms with Gasteiger partial charge in [0.25, 0.3) is 0 Å². The van der Waals surface area contributed by atoms with Crippen LogP contribution in [0, 0.1) is 0 Å². The molecule has 1 aromatic heterocycles. The molecule has 0 unspecified atom stereocenters. The lowest BCUT2D eigenvalue weighted by Gasteiger charge is -2.23.